The molecule has 0 saturated heterocycles. The second kappa shape index (κ2) is 6.00. The number of halogens is 2. The molecule has 1 aromatic carbocycles. The molecule has 0 saturated carbocycles. The van der Waals surface area contributed by atoms with Crippen LogP contribution in [0.2, 0.25) is 0 Å². The van der Waals surface area contributed by atoms with E-state index in [9.17, 15) is 8.78 Å². The normalized spacial score (nSPS) is 11.1. The average molecular weight is 282 g/mol. The van der Waals surface area contributed by atoms with Crippen LogP contribution in [-0.2, 0) is 13.2 Å². The first-order valence-electron chi connectivity index (χ1n) is 6.27. The molecule has 0 unspecified atom stereocenters. The van der Waals surface area contributed by atoms with Crippen molar-refractivity contribution >= 4 is 0 Å². The summed E-state index contributed by atoms with van der Waals surface area (Å²) in [6.07, 6.45) is 1.78. The maximum absolute atomic E-state index is 13.6. The highest BCUT2D eigenvalue weighted by Crippen LogP contribution is 2.24. The summed E-state index contributed by atoms with van der Waals surface area (Å²) in [6.45, 7) is 3.51. The molecule has 0 aliphatic carbocycles. The van der Waals surface area contributed by atoms with Gasteiger partial charge in [-0.1, -0.05) is 0 Å². The fraction of sp³-hybridized carbons (Fsp3) is 0.357. The van der Waals surface area contributed by atoms with Crippen LogP contribution in [0.1, 0.15) is 31.1 Å². The molecule has 1 aromatic heterocycles. The molecule has 0 aliphatic heterocycles. The van der Waals surface area contributed by atoms with Gasteiger partial charge in [-0.25, -0.2) is 8.78 Å². The van der Waals surface area contributed by atoms with Crippen molar-refractivity contribution in [2.75, 3.05) is 0 Å². The maximum atomic E-state index is 13.6. The summed E-state index contributed by atoms with van der Waals surface area (Å²) in [7, 11) is 0. The van der Waals surface area contributed by atoms with E-state index in [-0.39, 0.29) is 18.2 Å². The lowest BCUT2D eigenvalue weighted by Gasteiger charge is -2.08. The summed E-state index contributed by atoms with van der Waals surface area (Å²) in [6, 6.07) is 4.04. The van der Waals surface area contributed by atoms with Gasteiger partial charge >= 0.3 is 0 Å². The fourth-order valence-electron chi connectivity index (χ4n) is 1.73. The van der Waals surface area contributed by atoms with Gasteiger partial charge in [0.15, 0.2) is 17.4 Å². The Morgan fingerprint density at radius 3 is 2.45 bits per heavy atom. The second-order valence-corrected chi connectivity index (χ2v) is 4.72. The summed E-state index contributed by atoms with van der Waals surface area (Å²) in [4.78, 5) is 0. The Kier molecular flexibility index (Phi) is 4.34. The molecule has 0 bridgehead atoms. The summed E-state index contributed by atoms with van der Waals surface area (Å²) in [5.41, 5.74) is 0.750. The van der Waals surface area contributed by atoms with Crippen LogP contribution in [0.15, 0.2) is 24.4 Å². The van der Waals surface area contributed by atoms with E-state index in [1.807, 2.05) is 13.8 Å². The monoisotopic (exact) mass is 282 g/mol. The van der Waals surface area contributed by atoms with Crippen molar-refractivity contribution in [3.63, 3.8) is 0 Å². The molecular weight excluding hydrogens is 266 g/mol. The van der Waals surface area contributed by atoms with Crippen molar-refractivity contribution in [2.24, 2.45) is 0 Å². The number of hydrogen-bond acceptors (Lipinski definition) is 3. The van der Waals surface area contributed by atoms with E-state index in [0.717, 1.165) is 12.1 Å². The van der Waals surface area contributed by atoms with E-state index >= 15 is 0 Å². The molecule has 2 rings (SSSR count). The first-order valence-corrected chi connectivity index (χ1v) is 6.27. The predicted molar refractivity (Wildman–Crippen MR) is 69.2 cm³/mol. The van der Waals surface area contributed by atoms with Gasteiger partial charge < -0.3 is 9.84 Å². The van der Waals surface area contributed by atoms with Crippen LogP contribution in [0, 0.1) is 11.6 Å². The van der Waals surface area contributed by atoms with Crippen LogP contribution >= 0.6 is 0 Å². The van der Waals surface area contributed by atoms with Gasteiger partial charge in [0.1, 0.15) is 6.61 Å². The Bertz CT molecular complexity index is 574. The van der Waals surface area contributed by atoms with Gasteiger partial charge in [0.25, 0.3) is 0 Å². The number of nitrogens with zero attached hydrogens (tertiary/aromatic N) is 2. The quantitative estimate of drug-likeness (QED) is 0.917. The summed E-state index contributed by atoms with van der Waals surface area (Å²) in [5, 5.41) is 13.1. The highest BCUT2D eigenvalue weighted by Gasteiger charge is 2.13. The van der Waals surface area contributed by atoms with Crippen molar-refractivity contribution in [3.8, 4) is 5.75 Å². The summed E-state index contributed by atoms with van der Waals surface area (Å²) in [5.74, 6) is -2.13. The molecule has 1 heterocycles. The van der Waals surface area contributed by atoms with Crippen LogP contribution in [0.5, 0.6) is 5.75 Å². The van der Waals surface area contributed by atoms with E-state index in [1.165, 1.54) is 0 Å². The number of aromatic nitrogens is 2. The molecule has 1 N–H and O–H groups in total. The molecule has 0 aliphatic rings. The Labute approximate surface area is 115 Å². The molecule has 108 valence electrons. The van der Waals surface area contributed by atoms with E-state index in [4.69, 9.17) is 9.84 Å². The Hall–Kier alpha value is -1.95. The minimum atomic E-state index is -0.836. The van der Waals surface area contributed by atoms with Crippen LogP contribution < -0.4 is 4.74 Å². The zero-order chi connectivity index (χ0) is 14.7. The lowest BCUT2D eigenvalue weighted by atomic mass is 10.2. The maximum Gasteiger partial charge on any atom is 0.191 e. The minimum absolute atomic E-state index is 0.0218. The third kappa shape index (κ3) is 3.14. The molecule has 2 aromatic rings. The zero-order valence-corrected chi connectivity index (χ0v) is 11.3. The third-order valence-electron chi connectivity index (χ3n) is 2.80. The van der Waals surface area contributed by atoms with Crippen molar-refractivity contribution < 1.29 is 18.6 Å². The summed E-state index contributed by atoms with van der Waals surface area (Å²) >= 11 is 0. The van der Waals surface area contributed by atoms with E-state index in [0.29, 0.717) is 5.69 Å². The fourth-order valence-corrected chi connectivity index (χ4v) is 1.73. The van der Waals surface area contributed by atoms with Crippen molar-refractivity contribution in [3.05, 3.63) is 47.3 Å². The van der Waals surface area contributed by atoms with Gasteiger partial charge in [0, 0.05) is 12.2 Å². The zero-order valence-electron chi connectivity index (χ0n) is 11.3. The second-order valence-electron chi connectivity index (χ2n) is 4.72. The first kappa shape index (κ1) is 14.5. The highest BCUT2D eigenvalue weighted by molar-refractivity contribution is 5.31. The molecular formula is C14H16F2N2O2. The SMILES string of the molecule is CC(C)n1ccc(COc2c(F)cc(CO)cc2F)n1. The molecule has 4 nitrogen and oxygen atoms in total. The molecule has 0 amide bonds. The summed E-state index contributed by atoms with van der Waals surface area (Å²) < 4.78 is 34.1. The first-order chi connectivity index (χ1) is 9.51. The Balaban J connectivity index is 2.10. The van der Waals surface area contributed by atoms with Crippen molar-refractivity contribution in [2.45, 2.75) is 33.1 Å². The van der Waals surface area contributed by atoms with E-state index in [1.54, 1.807) is 16.9 Å². The molecule has 0 radical (unpaired) electrons. The van der Waals surface area contributed by atoms with Crippen LogP contribution in [0.25, 0.3) is 0 Å². The van der Waals surface area contributed by atoms with Crippen molar-refractivity contribution in [1.29, 1.82) is 0 Å². The number of hydrogen-bond donors (Lipinski definition) is 1. The smallest absolute Gasteiger partial charge is 0.191 e. The Morgan fingerprint density at radius 2 is 1.95 bits per heavy atom. The number of rotatable bonds is 5. The number of benzene rings is 1. The number of aliphatic hydroxyl groups is 1. The molecule has 6 heteroatoms. The molecule has 20 heavy (non-hydrogen) atoms. The average Bonchev–Trinajstić information content (AvgIpc) is 2.86. The predicted octanol–water partition coefficient (Wildman–Crippen LogP) is 2.81. The van der Waals surface area contributed by atoms with Gasteiger partial charge in [0.05, 0.1) is 12.3 Å². The van der Waals surface area contributed by atoms with Gasteiger partial charge in [-0.2, -0.15) is 5.10 Å². The molecule has 0 fully saturated rings. The third-order valence-corrected chi connectivity index (χ3v) is 2.80. The van der Waals surface area contributed by atoms with Gasteiger partial charge in [-0.05, 0) is 37.6 Å². The Morgan fingerprint density at radius 1 is 1.30 bits per heavy atom. The lowest BCUT2D eigenvalue weighted by Crippen LogP contribution is -2.05. The largest absolute Gasteiger partial charge is 0.481 e. The number of ether oxygens (including phenoxy) is 1. The van der Waals surface area contributed by atoms with Crippen LogP contribution in [0.3, 0.4) is 0 Å². The lowest BCUT2D eigenvalue weighted by molar-refractivity contribution is 0.262. The topological polar surface area (TPSA) is 47.3 Å². The standard InChI is InChI=1S/C14H16F2N2O2/c1-9(2)18-4-3-11(17-18)8-20-14-12(15)5-10(7-19)6-13(14)16/h3-6,9,19H,7-8H2,1-2H3. The molecule has 0 spiro atoms. The minimum Gasteiger partial charge on any atom is -0.481 e. The molecule has 0 atom stereocenters. The van der Waals surface area contributed by atoms with Crippen LogP contribution in [-0.4, -0.2) is 14.9 Å². The van der Waals surface area contributed by atoms with E-state index < -0.39 is 24.0 Å². The van der Waals surface area contributed by atoms with Gasteiger partial charge in [0.2, 0.25) is 0 Å². The van der Waals surface area contributed by atoms with Crippen LogP contribution in [0.4, 0.5) is 8.78 Å². The van der Waals surface area contributed by atoms with Gasteiger partial charge in [-0.3, -0.25) is 4.68 Å². The highest BCUT2D eigenvalue weighted by atomic mass is 19.1. The van der Waals surface area contributed by atoms with Crippen molar-refractivity contribution in [1.82, 2.24) is 9.78 Å². The van der Waals surface area contributed by atoms with Gasteiger partial charge in [-0.15, -0.1) is 0 Å². The van der Waals surface area contributed by atoms with E-state index in [2.05, 4.69) is 5.10 Å². The number of aliphatic hydroxyl groups excluding tert-OH is 1.